The van der Waals surface area contributed by atoms with Gasteiger partial charge in [-0.05, 0) is 12.0 Å². The first kappa shape index (κ1) is 11.8. The molecule has 0 radical (unpaired) electrons. The lowest BCUT2D eigenvalue weighted by molar-refractivity contribution is 0.174. The van der Waals surface area contributed by atoms with Crippen molar-refractivity contribution in [1.82, 2.24) is 14.8 Å². The highest BCUT2D eigenvalue weighted by atomic mass is 16.3. The average molecular weight is 231 g/mol. The summed E-state index contributed by atoms with van der Waals surface area (Å²) in [6.45, 7) is 2.94. The van der Waals surface area contributed by atoms with Crippen molar-refractivity contribution in [3.05, 3.63) is 48.0 Å². The van der Waals surface area contributed by atoms with E-state index in [9.17, 15) is 5.11 Å². The van der Waals surface area contributed by atoms with Crippen molar-refractivity contribution in [3.63, 3.8) is 0 Å². The van der Waals surface area contributed by atoms with Crippen LogP contribution in [0.25, 0.3) is 0 Å². The molecule has 4 heteroatoms. The summed E-state index contributed by atoms with van der Waals surface area (Å²) in [6, 6.07) is 9.64. The topological polar surface area (TPSA) is 50.9 Å². The Morgan fingerprint density at radius 3 is 2.76 bits per heavy atom. The van der Waals surface area contributed by atoms with Crippen molar-refractivity contribution in [3.8, 4) is 0 Å². The maximum atomic E-state index is 10.1. The van der Waals surface area contributed by atoms with Gasteiger partial charge in [0.1, 0.15) is 12.2 Å². The van der Waals surface area contributed by atoms with Crippen LogP contribution in [0.1, 0.15) is 30.8 Å². The van der Waals surface area contributed by atoms with E-state index in [0.717, 1.165) is 24.4 Å². The van der Waals surface area contributed by atoms with Crippen LogP contribution in [0.5, 0.6) is 0 Å². The van der Waals surface area contributed by atoms with Crippen LogP contribution in [0.15, 0.2) is 36.7 Å². The number of nitrogens with zero attached hydrogens (tertiary/aromatic N) is 3. The van der Waals surface area contributed by atoms with Gasteiger partial charge in [-0.25, -0.2) is 4.98 Å². The van der Waals surface area contributed by atoms with Crippen LogP contribution in [0.4, 0.5) is 0 Å². The summed E-state index contributed by atoms with van der Waals surface area (Å²) in [4.78, 5) is 4.19. The Labute approximate surface area is 101 Å². The van der Waals surface area contributed by atoms with Gasteiger partial charge in [0.15, 0.2) is 0 Å². The van der Waals surface area contributed by atoms with E-state index < -0.39 is 6.10 Å². The fourth-order valence-corrected chi connectivity index (χ4v) is 1.81. The van der Waals surface area contributed by atoms with Gasteiger partial charge in [0, 0.05) is 13.0 Å². The van der Waals surface area contributed by atoms with E-state index in [4.69, 9.17) is 0 Å². The van der Waals surface area contributed by atoms with Gasteiger partial charge in [0.25, 0.3) is 0 Å². The number of aromatic nitrogens is 3. The maximum Gasteiger partial charge on any atom is 0.138 e. The lowest BCUT2D eigenvalue weighted by Gasteiger charge is -2.11. The van der Waals surface area contributed by atoms with Crippen LogP contribution in [0.3, 0.4) is 0 Å². The van der Waals surface area contributed by atoms with Crippen molar-refractivity contribution < 1.29 is 5.11 Å². The lowest BCUT2D eigenvalue weighted by Crippen LogP contribution is -2.10. The molecule has 1 unspecified atom stereocenters. The quantitative estimate of drug-likeness (QED) is 0.855. The fraction of sp³-hybridized carbons (Fsp3) is 0.385. The molecule has 2 rings (SSSR count). The largest absolute Gasteiger partial charge is 0.388 e. The summed E-state index contributed by atoms with van der Waals surface area (Å²) < 4.78 is 1.85. The molecule has 0 amide bonds. The molecular formula is C13H17N3O. The summed E-state index contributed by atoms with van der Waals surface area (Å²) in [5.74, 6) is 0.836. The van der Waals surface area contributed by atoms with Gasteiger partial charge in [-0.15, -0.1) is 0 Å². The molecule has 0 saturated heterocycles. The summed E-state index contributed by atoms with van der Waals surface area (Å²) in [5.41, 5.74) is 0.915. The first-order valence-electron chi connectivity index (χ1n) is 5.91. The van der Waals surface area contributed by atoms with Crippen LogP contribution in [-0.2, 0) is 13.0 Å². The van der Waals surface area contributed by atoms with E-state index in [1.807, 2.05) is 35.0 Å². The molecule has 90 valence electrons. The second-order valence-corrected chi connectivity index (χ2v) is 4.03. The van der Waals surface area contributed by atoms with E-state index in [1.54, 1.807) is 6.33 Å². The number of benzene rings is 1. The van der Waals surface area contributed by atoms with Gasteiger partial charge in [-0.1, -0.05) is 37.3 Å². The Hall–Kier alpha value is -1.68. The van der Waals surface area contributed by atoms with Gasteiger partial charge in [-0.3, -0.25) is 4.68 Å². The molecule has 0 bridgehead atoms. The molecule has 4 nitrogen and oxygen atoms in total. The number of rotatable bonds is 5. The monoisotopic (exact) mass is 231 g/mol. The molecule has 0 aliphatic carbocycles. The minimum atomic E-state index is -0.518. The summed E-state index contributed by atoms with van der Waals surface area (Å²) in [7, 11) is 0. The highest BCUT2D eigenvalue weighted by molar-refractivity contribution is 5.18. The van der Waals surface area contributed by atoms with Gasteiger partial charge >= 0.3 is 0 Å². The SMILES string of the molecule is CCCn1ncnc1CC(O)c1ccccc1. The van der Waals surface area contributed by atoms with Gasteiger partial charge < -0.3 is 5.11 Å². The second kappa shape index (κ2) is 5.59. The van der Waals surface area contributed by atoms with E-state index in [-0.39, 0.29) is 0 Å². The number of aliphatic hydroxyl groups is 1. The average Bonchev–Trinajstić information content (AvgIpc) is 2.78. The molecule has 0 aliphatic rings. The normalized spacial score (nSPS) is 12.6. The van der Waals surface area contributed by atoms with Gasteiger partial charge in [-0.2, -0.15) is 5.10 Å². The van der Waals surface area contributed by atoms with E-state index in [1.165, 1.54) is 0 Å². The maximum absolute atomic E-state index is 10.1. The first-order chi connectivity index (χ1) is 8.31. The molecule has 0 saturated carbocycles. The number of aliphatic hydroxyl groups excluding tert-OH is 1. The molecule has 2 aromatic rings. The number of hydrogen-bond acceptors (Lipinski definition) is 3. The zero-order valence-electron chi connectivity index (χ0n) is 9.95. The van der Waals surface area contributed by atoms with Crippen LogP contribution in [-0.4, -0.2) is 19.9 Å². The van der Waals surface area contributed by atoms with Crippen molar-refractivity contribution >= 4 is 0 Å². The highest BCUT2D eigenvalue weighted by Crippen LogP contribution is 2.16. The summed E-state index contributed by atoms with van der Waals surface area (Å²) >= 11 is 0. The Kier molecular flexibility index (Phi) is 3.88. The minimum absolute atomic E-state index is 0.504. The Bertz CT molecular complexity index is 453. The third-order valence-electron chi connectivity index (χ3n) is 2.69. The predicted octanol–water partition coefficient (Wildman–Crippen LogP) is 1.96. The third-order valence-corrected chi connectivity index (χ3v) is 2.69. The van der Waals surface area contributed by atoms with Crippen molar-refractivity contribution in [2.24, 2.45) is 0 Å². The molecule has 0 aliphatic heterocycles. The molecule has 0 spiro atoms. The molecule has 0 fully saturated rings. The Morgan fingerprint density at radius 1 is 1.29 bits per heavy atom. The molecule has 1 N–H and O–H groups in total. The second-order valence-electron chi connectivity index (χ2n) is 4.03. The lowest BCUT2D eigenvalue weighted by atomic mass is 10.1. The molecular weight excluding hydrogens is 214 g/mol. The van der Waals surface area contributed by atoms with Crippen LogP contribution in [0.2, 0.25) is 0 Å². The van der Waals surface area contributed by atoms with Crippen LogP contribution >= 0.6 is 0 Å². The zero-order chi connectivity index (χ0) is 12.1. The van der Waals surface area contributed by atoms with Crippen molar-refractivity contribution in [2.45, 2.75) is 32.4 Å². The third kappa shape index (κ3) is 2.91. The zero-order valence-corrected chi connectivity index (χ0v) is 9.95. The number of hydrogen-bond donors (Lipinski definition) is 1. The Balaban J connectivity index is 2.08. The van der Waals surface area contributed by atoms with Gasteiger partial charge in [0.2, 0.25) is 0 Å². The molecule has 17 heavy (non-hydrogen) atoms. The van der Waals surface area contributed by atoms with E-state index in [2.05, 4.69) is 17.0 Å². The van der Waals surface area contributed by atoms with E-state index in [0.29, 0.717) is 6.42 Å². The minimum Gasteiger partial charge on any atom is -0.388 e. The number of aryl methyl sites for hydroxylation is 1. The van der Waals surface area contributed by atoms with Crippen molar-refractivity contribution in [1.29, 1.82) is 0 Å². The molecule has 1 aromatic carbocycles. The molecule has 1 heterocycles. The van der Waals surface area contributed by atoms with Crippen LogP contribution in [0, 0.1) is 0 Å². The summed E-state index contributed by atoms with van der Waals surface area (Å²) in [6.07, 6.45) is 2.54. The predicted molar refractivity (Wildman–Crippen MR) is 65.4 cm³/mol. The highest BCUT2D eigenvalue weighted by Gasteiger charge is 2.12. The smallest absolute Gasteiger partial charge is 0.138 e. The first-order valence-corrected chi connectivity index (χ1v) is 5.91. The molecule has 1 aromatic heterocycles. The van der Waals surface area contributed by atoms with E-state index >= 15 is 0 Å². The fourth-order valence-electron chi connectivity index (χ4n) is 1.81. The van der Waals surface area contributed by atoms with Crippen molar-refractivity contribution in [2.75, 3.05) is 0 Å². The Morgan fingerprint density at radius 2 is 2.06 bits per heavy atom. The molecule has 1 atom stereocenters. The van der Waals surface area contributed by atoms with Crippen LogP contribution < -0.4 is 0 Å². The standard InChI is InChI=1S/C13H17N3O/c1-2-8-16-13(14-10-15-16)9-12(17)11-6-4-3-5-7-11/h3-7,10,12,17H,2,8-9H2,1H3. The van der Waals surface area contributed by atoms with Gasteiger partial charge in [0.05, 0.1) is 6.10 Å². The summed E-state index contributed by atoms with van der Waals surface area (Å²) in [5, 5.41) is 14.3.